The molecule has 1 fully saturated rings. The third-order valence-corrected chi connectivity index (χ3v) is 5.58. The fourth-order valence-electron chi connectivity index (χ4n) is 3.04. The SMILES string of the molecule is O=C(NCCC(=O)N1CCN(c2ccc(Cl)cc2[N+](=O)[O-])CC1)c1cccs1. The van der Waals surface area contributed by atoms with Gasteiger partial charge in [-0.05, 0) is 23.6 Å². The van der Waals surface area contributed by atoms with Crippen molar-refractivity contribution in [2.75, 3.05) is 37.6 Å². The van der Waals surface area contributed by atoms with Gasteiger partial charge in [0, 0.05) is 50.2 Å². The van der Waals surface area contributed by atoms with Gasteiger partial charge in [0.2, 0.25) is 5.91 Å². The molecule has 8 nitrogen and oxygen atoms in total. The number of nitrogens with one attached hydrogen (secondary N) is 1. The number of benzene rings is 1. The Labute approximate surface area is 170 Å². The molecule has 2 heterocycles. The van der Waals surface area contributed by atoms with E-state index in [2.05, 4.69) is 5.32 Å². The topological polar surface area (TPSA) is 95.8 Å². The highest BCUT2D eigenvalue weighted by molar-refractivity contribution is 7.12. The van der Waals surface area contributed by atoms with E-state index in [-0.39, 0.29) is 30.5 Å². The molecule has 1 N–H and O–H groups in total. The summed E-state index contributed by atoms with van der Waals surface area (Å²) in [5.41, 5.74) is 0.466. The van der Waals surface area contributed by atoms with E-state index in [1.54, 1.807) is 29.2 Å². The van der Waals surface area contributed by atoms with Crippen LogP contribution >= 0.6 is 22.9 Å². The van der Waals surface area contributed by atoms with Crippen molar-refractivity contribution in [3.8, 4) is 0 Å². The van der Waals surface area contributed by atoms with Crippen LogP contribution in [0.15, 0.2) is 35.7 Å². The maximum atomic E-state index is 12.4. The van der Waals surface area contributed by atoms with E-state index in [1.165, 1.54) is 17.4 Å². The third-order valence-electron chi connectivity index (χ3n) is 4.48. The number of nitro groups is 1. The Morgan fingerprint density at radius 1 is 1.21 bits per heavy atom. The Bertz CT molecular complexity index is 866. The van der Waals surface area contributed by atoms with Crippen molar-refractivity contribution in [1.29, 1.82) is 0 Å². The van der Waals surface area contributed by atoms with Crippen LogP contribution in [0, 0.1) is 10.1 Å². The number of amides is 2. The van der Waals surface area contributed by atoms with Crippen LogP contribution in [0.5, 0.6) is 0 Å². The van der Waals surface area contributed by atoms with Gasteiger partial charge in [0.15, 0.2) is 0 Å². The second-order valence-corrected chi connectivity index (χ2v) is 7.63. The first kappa shape index (κ1) is 20.1. The smallest absolute Gasteiger partial charge is 0.294 e. The van der Waals surface area contributed by atoms with Crippen molar-refractivity contribution in [3.05, 3.63) is 55.7 Å². The number of thiophene rings is 1. The van der Waals surface area contributed by atoms with Crippen LogP contribution in [-0.4, -0.2) is 54.4 Å². The minimum atomic E-state index is -0.449. The average Bonchev–Trinajstić information content (AvgIpc) is 3.23. The fraction of sp³-hybridized carbons (Fsp3) is 0.333. The zero-order valence-corrected chi connectivity index (χ0v) is 16.5. The first-order valence-corrected chi connectivity index (χ1v) is 10.00. The predicted molar refractivity (Wildman–Crippen MR) is 108 cm³/mol. The first-order chi connectivity index (χ1) is 13.5. The highest BCUT2D eigenvalue weighted by Gasteiger charge is 2.25. The molecule has 1 aromatic heterocycles. The molecule has 1 saturated heterocycles. The molecule has 10 heteroatoms. The van der Waals surface area contributed by atoms with Crippen LogP contribution in [0.2, 0.25) is 5.02 Å². The van der Waals surface area contributed by atoms with E-state index in [4.69, 9.17) is 11.6 Å². The molecular formula is C18H19ClN4O4S. The van der Waals surface area contributed by atoms with Crippen LogP contribution in [0.1, 0.15) is 16.1 Å². The van der Waals surface area contributed by atoms with Gasteiger partial charge in [0.05, 0.1) is 9.80 Å². The van der Waals surface area contributed by atoms with E-state index >= 15 is 0 Å². The summed E-state index contributed by atoms with van der Waals surface area (Å²) in [5.74, 6) is -0.223. The lowest BCUT2D eigenvalue weighted by atomic mass is 10.2. The summed E-state index contributed by atoms with van der Waals surface area (Å²) < 4.78 is 0. The monoisotopic (exact) mass is 422 g/mol. The summed E-state index contributed by atoms with van der Waals surface area (Å²) >= 11 is 7.21. The molecule has 3 rings (SSSR count). The maximum Gasteiger partial charge on any atom is 0.294 e. The fourth-order valence-corrected chi connectivity index (χ4v) is 3.85. The molecule has 2 aromatic rings. The molecule has 0 radical (unpaired) electrons. The number of hydrogen-bond donors (Lipinski definition) is 1. The van der Waals surface area contributed by atoms with Gasteiger partial charge in [-0.25, -0.2) is 0 Å². The van der Waals surface area contributed by atoms with Crippen molar-refractivity contribution in [2.24, 2.45) is 0 Å². The zero-order valence-electron chi connectivity index (χ0n) is 15.0. The van der Waals surface area contributed by atoms with Crippen molar-refractivity contribution in [3.63, 3.8) is 0 Å². The van der Waals surface area contributed by atoms with Gasteiger partial charge < -0.3 is 15.1 Å². The van der Waals surface area contributed by atoms with Crippen molar-refractivity contribution in [2.45, 2.75) is 6.42 Å². The first-order valence-electron chi connectivity index (χ1n) is 8.74. The Balaban J connectivity index is 1.49. The summed E-state index contributed by atoms with van der Waals surface area (Å²) in [5, 5.41) is 16.1. The summed E-state index contributed by atoms with van der Waals surface area (Å²) in [4.78, 5) is 39.3. The van der Waals surface area contributed by atoms with Gasteiger partial charge in [-0.15, -0.1) is 11.3 Å². The molecule has 0 spiro atoms. The summed E-state index contributed by atoms with van der Waals surface area (Å²) in [6.45, 7) is 2.21. The highest BCUT2D eigenvalue weighted by atomic mass is 35.5. The number of anilines is 1. The Morgan fingerprint density at radius 3 is 2.61 bits per heavy atom. The molecule has 2 amide bonds. The summed E-state index contributed by atoms with van der Waals surface area (Å²) in [6.07, 6.45) is 0.220. The number of rotatable bonds is 6. The summed E-state index contributed by atoms with van der Waals surface area (Å²) in [7, 11) is 0. The number of nitro benzene ring substituents is 1. The van der Waals surface area contributed by atoms with Crippen LogP contribution in [0.4, 0.5) is 11.4 Å². The second kappa shape index (κ2) is 9.03. The third kappa shape index (κ3) is 4.79. The van der Waals surface area contributed by atoms with Gasteiger partial charge in [0.1, 0.15) is 5.69 Å². The van der Waals surface area contributed by atoms with E-state index in [1.807, 2.05) is 10.3 Å². The van der Waals surface area contributed by atoms with Gasteiger partial charge in [0.25, 0.3) is 11.6 Å². The molecule has 148 valence electrons. The van der Waals surface area contributed by atoms with Gasteiger partial charge in [-0.2, -0.15) is 0 Å². The largest absolute Gasteiger partial charge is 0.362 e. The normalized spacial score (nSPS) is 14.0. The van der Waals surface area contributed by atoms with Crippen LogP contribution < -0.4 is 10.2 Å². The Hall–Kier alpha value is -2.65. The number of carbonyl (C=O) groups excluding carboxylic acids is 2. The molecule has 1 aliphatic heterocycles. The van der Waals surface area contributed by atoms with Crippen LogP contribution in [0.3, 0.4) is 0 Å². The number of nitrogens with zero attached hydrogens (tertiary/aromatic N) is 3. The molecule has 0 unspecified atom stereocenters. The maximum absolute atomic E-state index is 12.4. The van der Waals surface area contributed by atoms with E-state index in [0.29, 0.717) is 41.8 Å². The lowest BCUT2D eigenvalue weighted by Crippen LogP contribution is -2.49. The standard InChI is InChI=1S/C18H19ClN4O4S/c19-13-3-4-14(15(12-13)23(26)27)21-7-9-22(10-8-21)17(24)5-6-20-18(25)16-2-1-11-28-16/h1-4,11-12H,5-10H2,(H,20,25). The van der Waals surface area contributed by atoms with E-state index in [0.717, 1.165) is 0 Å². The lowest BCUT2D eigenvalue weighted by molar-refractivity contribution is -0.384. The molecule has 0 saturated carbocycles. The van der Waals surface area contributed by atoms with Crippen LogP contribution in [0.25, 0.3) is 0 Å². The summed E-state index contributed by atoms with van der Waals surface area (Å²) in [6, 6.07) is 8.13. The molecular weight excluding hydrogens is 404 g/mol. The van der Waals surface area contributed by atoms with Gasteiger partial charge in [-0.3, -0.25) is 19.7 Å². The van der Waals surface area contributed by atoms with E-state index < -0.39 is 4.92 Å². The number of halogens is 1. The predicted octanol–water partition coefficient (Wildman–Crippen LogP) is 2.78. The zero-order chi connectivity index (χ0) is 20.1. The number of hydrogen-bond acceptors (Lipinski definition) is 6. The van der Waals surface area contributed by atoms with Crippen molar-refractivity contribution in [1.82, 2.24) is 10.2 Å². The van der Waals surface area contributed by atoms with Crippen molar-refractivity contribution < 1.29 is 14.5 Å². The van der Waals surface area contributed by atoms with Gasteiger partial charge >= 0.3 is 0 Å². The Kier molecular flexibility index (Phi) is 6.48. The number of carbonyl (C=O) groups is 2. The quantitative estimate of drug-likeness (QED) is 0.570. The molecule has 1 aliphatic rings. The average molecular weight is 423 g/mol. The second-order valence-electron chi connectivity index (χ2n) is 6.24. The van der Waals surface area contributed by atoms with Crippen molar-refractivity contribution >= 4 is 46.1 Å². The molecule has 0 atom stereocenters. The molecule has 1 aromatic carbocycles. The minimum Gasteiger partial charge on any atom is -0.362 e. The number of piperazine rings is 1. The molecule has 28 heavy (non-hydrogen) atoms. The highest BCUT2D eigenvalue weighted by Crippen LogP contribution is 2.31. The molecule has 0 bridgehead atoms. The minimum absolute atomic E-state index is 0.0384. The van der Waals surface area contributed by atoms with Crippen LogP contribution in [-0.2, 0) is 4.79 Å². The van der Waals surface area contributed by atoms with Gasteiger partial charge in [-0.1, -0.05) is 17.7 Å². The Morgan fingerprint density at radius 2 is 1.96 bits per heavy atom. The van der Waals surface area contributed by atoms with E-state index in [9.17, 15) is 19.7 Å². The molecule has 0 aliphatic carbocycles. The lowest BCUT2D eigenvalue weighted by Gasteiger charge is -2.35.